The topological polar surface area (TPSA) is 180 Å². The van der Waals surface area contributed by atoms with Gasteiger partial charge >= 0.3 is 0 Å². The number of nitrogens with zero attached hydrogens (tertiary/aromatic N) is 3. The van der Waals surface area contributed by atoms with Gasteiger partial charge in [-0.05, 0) is 61.8 Å². The lowest BCUT2D eigenvalue weighted by Crippen LogP contribution is -2.60. The second kappa shape index (κ2) is 18.8. The van der Waals surface area contributed by atoms with Crippen LogP contribution in [0.2, 0.25) is 0 Å². The normalized spacial score (nSPS) is 20.3. The summed E-state index contributed by atoms with van der Waals surface area (Å²) in [5, 5.41) is 10.8. The molecule has 2 aliphatic rings. The number of ketones is 1. The fourth-order valence-corrected chi connectivity index (χ4v) is 7.22. The number of carbonyl (C=O) groups excluding carboxylic acids is 6. The van der Waals surface area contributed by atoms with Crippen molar-refractivity contribution < 1.29 is 37.5 Å². The summed E-state index contributed by atoms with van der Waals surface area (Å²) in [7, 11) is 0. The van der Waals surface area contributed by atoms with Crippen LogP contribution in [0.5, 0.6) is 0 Å². The first-order valence-electron chi connectivity index (χ1n) is 18.3. The predicted octanol–water partition coefficient (Wildman–Crippen LogP) is 3.37. The van der Waals surface area contributed by atoms with Gasteiger partial charge in [0.25, 0.3) is 11.8 Å². The van der Waals surface area contributed by atoms with Gasteiger partial charge in [0.05, 0.1) is 18.3 Å². The van der Waals surface area contributed by atoms with Gasteiger partial charge in [-0.1, -0.05) is 64.4 Å². The van der Waals surface area contributed by atoms with E-state index in [0.29, 0.717) is 6.42 Å². The number of halogens is 2. The van der Waals surface area contributed by atoms with Crippen LogP contribution >= 0.6 is 0 Å². The van der Waals surface area contributed by atoms with E-state index in [0.717, 1.165) is 18.4 Å². The number of alkyl halides is 2. The molecule has 2 aromatic rings. The van der Waals surface area contributed by atoms with Crippen LogP contribution in [0.15, 0.2) is 48.9 Å². The molecule has 15 heteroatoms. The van der Waals surface area contributed by atoms with Crippen LogP contribution in [0.1, 0.15) is 95.2 Å². The van der Waals surface area contributed by atoms with Crippen LogP contribution in [-0.2, 0) is 24.0 Å². The second-order valence-corrected chi connectivity index (χ2v) is 14.7. The molecule has 1 saturated carbocycles. The molecule has 2 fully saturated rings. The standard InChI is InChI=1S/C38H51F2N7O6/c1-21(2)30(45-34(49)28-19-41-17-18-42-28)35(50)46-31(22(3)4)38(53)47-20-25-13-9-14-26(25)32(47)36(51)44-27(15-10-16-29(39)40)33(48)37(52)43-23(5)24-11-7-6-8-12-24/h6-8,11-12,17-19,21-23,25-27,29-32H,9-10,13-16,20H2,1-5H3,(H,43,52)(H,44,51)(H,45,49)(H,46,50)/t23-,25-,26-,27?,30?,31?,32-/m0/s1. The Bertz CT molecular complexity index is 1600. The van der Waals surface area contributed by atoms with E-state index < -0.39 is 84.3 Å². The number of aromatic nitrogens is 2. The van der Waals surface area contributed by atoms with Crippen LogP contribution in [0, 0.1) is 23.7 Å². The first-order chi connectivity index (χ1) is 25.2. The van der Waals surface area contributed by atoms with E-state index in [-0.39, 0.29) is 42.8 Å². The van der Waals surface area contributed by atoms with Crippen LogP contribution in [0.4, 0.5) is 8.78 Å². The molecule has 288 valence electrons. The molecule has 7 atom stereocenters. The Morgan fingerprint density at radius 1 is 0.849 bits per heavy atom. The Hall–Kier alpha value is -4.82. The summed E-state index contributed by atoms with van der Waals surface area (Å²) in [4.78, 5) is 91.0. The van der Waals surface area contributed by atoms with Crippen LogP contribution in [0.25, 0.3) is 0 Å². The highest BCUT2D eigenvalue weighted by atomic mass is 19.3. The molecule has 4 rings (SSSR count). The van der Waals surface area contributed by atoms with Crippen LogP contribution in [-0.4, -0.2) is 87.3 Å². The van der Waals surface area contributed by atoms with E-state index in [1.54, 1.807) is 58.9 Å². The third-order valence-corrected chi connectivity index (χ3v) is 10.1. The highest BCUT2D eigenvalue weighted by Gasteiger charge is 2.51. The van der Waals surface area contributed by atoms with E-state index >= 15 is 0 Å². The third-order valence-electron chi connectivity index (χ3n) is 10.1. The van der Waals surface area contributed by atoms with E-state index in [9.17, 15) is 37.5 Å². The zero-order chi connectivity index (χ0) is 38.8. The number of carbonyl (C=O) groups is 6. The van der Waals surface area contributed by atoms with E-state index in [1.807, 2.05) is 6.07 Å². The molecule has 0 radical (unpaired) electrons. The molecule has 0 bridgehead atoms. The lowest BCUT2D eigenvalue weighted by molar-refractivity contribution is -0.145. The molecular formula is C38H51F2N7O6. The smallest absolute Gasteiger partial charge is 0.290 e. The average Bonchev–Trinajstić information content (AvgIpc) is 3.74. The maximum absolute atomic E-state index is 14.3. The van der Waals surface area contributed by atoms with Gasteiger partial charge in [0.1, 0.15) is 23.8 Å². The highest BCUT2D eigenvalue weighted by Crippen LogP contribution is 2.42. The highest BCUT2D eigenvalue weighted by molar-refractivity contribution is 6.38. The van der Waals surface area contributed by atoms with Gasteiger partial charge in [-0.25, -0.2) is 13.8 Å². The van der Waals surface area contributed by atoms with Gasteiger partial charge in [-0.3, -0.25) is 33.8 Å². The first kappa shape index (κ1) is 40.9. The van der Waals surface area contributed by atoms with Crippen molar-refractivity contribution in [2.24, 2.45) is 23.7 Å². The maximum atomic E-state index is 14.3. The molecule has 5 amide bonds. The van der Waals surface area contributed by atoms with Gasteiger partial charge < -0.3 is 26.2 Å². The first-order valence-corrected chi connectivity index (χ1v) is 18.3. The molecule has 1 saturated heterocycles. The summed E-state index contributed by atoms with van der Waals surface area (Å²) in [5.74, 6) is -5.31. The van der Waals surface area contributed by atoms with Crippen molar-refractivity contribution in [1.82, 2.24) is 36.1 Å². The predicted molar refractivity (Wildman–Crippen MR) is 191 cm³/mol. The Labute approximate surface area is 308 Å². The summed E-state index contributed by atoms with van der Waals surface area (Å²) >= 11 is 0. The third kappa shape index (κ3) is 10.6. The number of Topliss-reactive ketones (excluding diaryl/α,β-unsaturated/α-hetero) is 1. The summed E-state index contributed by atoms with van der Waals surface area (Å²) in [6.07, 6.45) is 2.83. The Morgan fingerprint density at radius 2 is 1.55 bits per heavy atom. The summed E-state index contributed by atoms with van der Waals surface area (Å²) in [6.45, 7) is 8.95. The number of likely N-dealkylation sites (tertiary alicyclic amines) is 1. The second-order valence-electron chi connectivity index (χ2n) is 14.7. The van der Waals surface area contributed by atoms with Crippen molar-refractivity contribution in [2.75, 3.05) is 6.54 Å². The molecule has 0 spiro atoms. The minimum absolute atomic E-state index is 0.00379. The molecular weight excluding hydrogens is 688 g/mol. The molecule has 53 heavy (non-hydrogen) atoms. The van der Waals surface area contributed by atoms with Gasteiger partial charge in [0.15, 0.2) is 0 Å². The summed E-state index contributed by atoms with van der Waals surface area (Å²) < 4.78 is 26.2. The lowest BCUT2D eigenvalue weighted by Gasteiger charge is -2.34. The number of rotatable bonds is 17. The van der Waals surface area contributed by atoms with Crippen LogP contribution < -0.4 is 21.3 Å². The maximum Gasteiger partial charge on any atom is 0.290 e. The Balaban J connectivity index is 1.52. The average molecular weight is 740 g/mol. The number of nitrogens with one attached hydrogen (secondary N) is 4. The minimum Gasteiger partial charge on any atom is -0.344 e. The largest absolute Gasteiger partial charge is 0.344 e. The molecule has 1 aromatic carbocycles. The number of hydrogen-bond acceptors (Lipinski definition) is 8. The number of amides is 5. The van der Waals surface area contributed by atoms with Crippen molar-refractivity contribution in [1.29, 1.82) is 0 Å². The van der Waals surface area contributed by atoms with Crippen molar-refractivity contribution in [3.05, 3.63) is 60.2 Å². The number of hydrogen-bond donors (Lipinski definition) is 4. The van der Waals surface area contributed by atoms with Crippen molar-refractivity contribution >= 4 is 35.3 Å². The minimum atomic E-state index is -2.63. The van der Waals surface area contributed by atoms with Crippen molar-refractivity contribution in [3.8, 4) is 0 Å². The molecule has 13 nitrogen and oxygen atoms in total. The van der Waals surface area contributed by atoms with Gasteiger partial charge in [-0.15, -0.1) is 0 Å². The van der Waals surface area contributed by atoms with E-state index in [1.165, 1.54) is 23.5 Å². The quantitative estimate of drug-likeness (QED) is 0.178. The molecule has 1 aliphatic heterocycles. The van der Waals surface area contributed by atoms with E-state index in [2.05, 4.69) is 31.2 Å². The fraction of sp³-hybridized carbons (Fsp3) is 0.579. The van der Waals surface area contributed by atoms with Gasteiger partial charge in [0, 0.05) is 25.4 Å². The monoisotopic (exact) mass is 739 g/mol. The zero-order valence-electron chi connectivity index (χ0n) is 30.9. The molecule has 1 aliphatic carbocycles. The van der Waals surface area contributed by atoms with E-state index in [4.69, 9.17) is 0 Å². The Morgan fingerprint density at radius 3 is 2.17 bits per heavy atom. The molecule has 3 unspecified atom stereocenters. The molecule has 1 aromatic heterocycles. The van der Waals surface area contributed by atoms with Gasteiger partial charge in [0.2, 0.25) is 29.9 Å². The fourth-order valence-electron chi connectivity index (χ4n) is 7.22. The number of fused-ring (bicyclic) bond motifs is 1. The molecule has 2 heterocycles. The summed E-state index contributed by atoms with van der Waals surface area (Å²) in [6, 6.07) is 3.92. The Kier molecular flexibility index (Phi) is 14.5. The van der Waals surface area contributed by atoms with Crippen LogP contribution in [0.3, 0.4) is 0 Å². The zero-order valence-corrected chi connectivity index (χ0v) is 30.9. The van der Waals surface area contributed by atoms with Crippen molar-refractivity contribution in [3.63, 3.8) is 0 Å². The SMILES string of the molecule is CC(C)C(NC(=O)c1cnccn1)C(=O)NC(C(=O)N1C[C@@H]2CCC[C@@H]2[C@H]1C(=O)NC(CCCC(F)F)C(=O)C(=O)N[C@@H](C)c1ccccc1)C(C)C. The molecule has 4 N–H and O–H groups in total. The summed E-state index contributed by atoms with van der Waals surface area (Å²) in [5.41, 5.74) is 0.771. The van der Waals surface area contributed by atoms with Gasteiger partial charge in [-0.2, -0.15) is 0 Å². The van der Waals surface area contributed by atoms with Crippen molar-refractivity contribution in [2.45, 2.75) is 110 Å². The number of benzene rings is 1. The lowest BCUT2D eigenvalue weighted by atomic mass is 9.92.